The lowest BCUT2D eigenvalue weighted by molar-refractivity contribution is -0.137. The second-order valence-electron chi connectivity index (χ2n) is 7.58. The minimum Gasteiger partial charge on any atom is -0.452 e. The molecule has 180 valence electrons. The van der Waals surface area contributed by atoms with Crippen molar-refractivity contribution in [3.8, 4) is 0 Å². The van der Waals surface area contributed by atoms with Gasteiger partial charge in [-0.1, -0.05) is 54.6 Å². The van der Waals surface area contributed by atoms with Gasteiger partial charge in [0.15, 0.2) is 24.6 Å². The van der Waals surface area contributed by atoms with E-state index in [0.29, 0.717) is 0 Å². The number of hydrogen-bond donors (Lipinski definition) is 1. The lowest BCUT2D eigenvalue weighted by Crippen LogP contribution is -2.50. The molecule has 0 unspecified atom stereocenters. The van der Waals surface area contributed by atoms with E-state index in [-0.39, 0.29) is 23.0 Å². The highest BCUT2D eigenvalue weighted by Gasteiger charge is 2.41. The molecule has 0 aliphatic rings. The van der Waals surface area contributed by atoms with Crippen molar-refractivity contribution in [2.75, 3.05) is 0 Å². The van der Waals surface area contributed by atoms with Crippen molar-refractivity contribution in [1.29, 1.82) is 0 Å². The molecule has 35 heavy (non-hydrogen) atoms. The van der Waals surface area contributed by atoms with E-state index in [9.17, 15) is 24.3 Å². The third kappa shape index (κ3) is 6.84. The molecule has 3 rings (SSSR count). The summed E-state index contributed by atoms with van der Waals surface area (Å²) in [5.41, 5.74) is 0.479. The standard InChI is InChI=1S/C27H24O8/c1-18(29)23(34-26(31)20-13-7-3-8-14-20)24(35-27(32)21-15-9-4-10-16-21)22(17-28)33-25(30)19-11-5-2-6-12-19/h2-18,22-24,29H,1H3/t18-,22+,23+,24+/m1/s1. The summed E-state index contributed by atoms with van der Waals surface area (Å²) in [6, 6.07) is 23.7. The topological polar surface area (TPSA) is 116 Å². The number of rotatable bonds is 10. The first-order valence-electron chi connectivity index (χ1n) is 10.8. The molecule has 0 spiro atoms. The van der Waals surface area contributed by atoms with E-state index < -0.39 is 42.3 Å². The molecule has 0 radical (unpaired) electrons. The van der Waals surface area contributed by atoms with Crippen molar-refractivity contribution >= 4 is 24.2 Å². The Hall–Kier alpha value is -4.30. The van der Waals surface area contributed by atoms with Crippen LogP contribution in [-0.4, -0.2) is 53.7 Å². The first kappa shape index (κ1) is 25.3. The van der Waals surface area contributed by atoms with Crippen molar-refractivity contribution < 1.29 is 38.5 Å². The van der Waals surface area contributed by atoms with Crippen molar-refractivity contribution in [3.05, 3.63) is 108 Å². The zero-order chi connectivity index (χ0) is 25.2. The number of aliphatic hydroxyl groups excluding tert-OH is 1. The Labute approximate surface area is 202 Å². The van der Waals surface area contributed by atoms with Crippen LogP contribution >= 0.6 is 0 Å². The number of benzene rings is 3. The van der Waals surface area contributed by atoms with Gasteiger partial charge < -0.3 is 19.3 Å². The fraction of sp³-hybridized carbons (Fsp3) is 0.185. The molecular formula is C27H24O8. The van der Waals surface area contributed by atoms with Crippen LogP contribution in [0.15, 0.2) is 91.0 Å². The van der Waals surface area contributed by atoms with Crippen LogP contribution in [0.5, 0.6) is 0 Å². The highest BCUT2D eigenvalue weighted by molar-refractivity contribution is 5.92. The third-order valence-corrected chi connectivity index (χ3v) is 5.02. The van der Waals surface area contributed by atoms with Gasteiger partial charge in [0.2, 0.25) is 0 Å². The summed E-state index contributed by atoms with van der Waals surface area (Å²) < 4.78 is 16.3. The van der Waals surface area contributed by atoms with Gasteiger partial charge in [-0.2, -0.15) is 0 Å². The normalized spacial score (nSPS) is 14.0. The highest BCUT2D eigenvalue weighted by Crippen LogP contribution is 2.20. The molecule has 0 aromatic heterocycles. The summed E-state index contributed by atoms with van der Waals surface area (Å²) in [5, 5.41) is 10.4. The molecule has 3 aromatic carbocycles. The van der Waals surface area contributed by atoms with Crippen LogP contribution in [0.3, 0.4) is 0 Å². The van der Waals surface area contributed by atoms with E-state index in [0.717, 1.165) is 0 Å². The van der Waals surface area contributed by atoms with Crippen molar-refractivity contribution in [3.63, 3.8) is 0 Å². The van der Waals surface area contributed by atoms with E-state index in [2.05, 4.69) is 0 Å². The van der Waals surface area contributed by atoms with Crippen LogP contribution in [0, 0.1) is 0 Å². The Kier molecular flexibility index (Phi) is 8.86. The Morgan fingerprint density at radius 1 is 0.629 bits per heavy atom. The van der Waals surface area contributed by atoms with Crippen LogP contribution in [0.1, 0.15) is 38.0 Å². The Morgan fingerprint density at radius 2 is 0.971 bits per heavy atom. The maximum absolute atomic E-state index is 12.8. The molecule has 0 saturated heterocycles. The van der Waals surface area contributed by atoms with Gasteiger partial charge >= 0.3 is 17.9 Å². The lowest BCUT2D eigenvalue weighted by atomic mass is 10.0. The Bertz CT molecular complexity index is 1130. The zero-order valence-electron chi connectivity index (χ0n) is 18.9. The Morgan fingerprint density at radius 3 is 1.31 bits per heavy atom. The average molecular weight is 476 g/mol. The minimum absolute atomic E-state index is 0.148. The smallest absolute Gasteiger partial charge is 0.338 e. The number of hydrogen-bond acceptors (Lipinski definition) is 8. The molecule has 1 N–H and O–H groups in total. The summed E-state index contributed by atoms with van der Waals surface area (Å²) in [5.74, 6) is -2.54. The molecule has 4 atom stereocenters. The van der Waals surface area contributed by atoms with Crippen LogP contribution in [0.25, 0.3) is 0 Å². The molecule has 8 heteroatoms. The molecule has 0 heterocycles. The molecule has 0 aliphatic heterocycles. The SMILES string of the molecule is C[C@@H](O)[C@H](OC(=O)c1ccccc1)[C@@H](OC(=O)c1ccccc1)[C@H](C=O)OC(=O)c1ccccc1. The predicted molar refractivity (Wildman–Crippen MR) is 125 cm³/mol. The Balaban J connectivity index is 1.92. The van der Waals surface area contributed by atoms with Gasteiger partial charge in [-0.3, -0.25) is 4.79 Å². The number of aldehydes is 1. The fourth-order valence-corrected chi connectivity index (χ4v) is 3.23. The molecule has 0 fully saturated rings. The van der Waals surface area contributed by atoms with E-state index >= 15 is 0 Å². The van der Waals surface area contributed by atoms with Crippen LogP contribution in [-0.2, 0) is 19.0 Å². The largest absolute Gasteiger partial charge is 0.452 e. The predicted octanol–water partition coefficient (Wildman–Crippen LogP) is 3.24. The molecule has 0 amide bonds. The van der Waals surface area contributed by atoms with Crippen molar-refractivity contribution in [2.45, 2.75) is 31.3 Å². The van der Waals surface area contributed by atoms with Crippen molar-refractivity contribution in [2.24, 2.45) is 0 Å². The quantitative estimate of drug-likeness (QED) is 0.269. The van der Waals surface area contributed by atoms with Gasteiger partial charge in [-0.15, -0.1) is 0 Å². The zero-order valence-corrected chi connectivity index (χ0v) is 18.9. The van der Waals surface area contributed by atoms with Crippen LogP contribution < -0.4 is 0 Å². The third-order valence-electron chi connectivity index (χ3n) is 5.02. The van der Waals surface area contributed by atoms with Gasteiger partial charge in [0.05, 0.1) is 22.8 Å². The molecular weight excluding hydrogens is 452 g/mol. The second kappa shape index (κ2) is 12.2. The summed E-state index contributed by atoms with van der Waals surface area (Å²) >= 11 is 0. The van der Waals surface area contributed by atoms with Gasteiger partial charge in [-0.25, -0.2) is 14.4 Å². The number of carbonyl (C=O) groups is 4. The molecule has 0 saturated carbocycles. The second-order valence-corrected chi connectivity index (χ2v) is 7.58. The number of esters is 3. The van der Waals surface area contributed by atoms with Crippen LogP contribution in [0.2, 0.25) is 0 Å². The molecule has 8 nitrogen and oxygen atoms in total. The summed E-state index contributed by atoms with van der Waals surface area (Å²) in [6.07, 6.45) is -5.99. The van der Waals surface area contributed by atoms with Gasteiger partial charge in [0.1, 0.15) is 0 Å². The van der Waals surface area contributed by atoms with Crippen LogP contribution in [0.4, 0.5) is 0 Å². The first-order valence-corrected chi connectivity index (χ1v) is 10.8. The number of aliphatic hydroxyl groups is 1. The first-order chi connectivity index (χ1) is 16.9. The number of carbonyl (C=O) groups excluding carboxylic acids is 4. The summed E-state index contributed by atoms with van der Waals surface area (Å²) in [6.45, 7) is 1.30. The number of ether oxygens (including phenoxy) is 3. The maximum atomic E-state index is 12.8. The average Bonchev–Trinajstić information content (AvgIpc) is 2.90. The van der Waals surface area contributed by atoms with Gasteiger partial charge in [-0.05, 0) is 43.3 Å². The summed E-state index contributed by atoms with van der Waals surface area (Å²) in [4.78, 5) is 50.2. The van der Waals surface area contributed by atoms with Crippen molar-refractivity contribution in [1.82, 2.24) is 0 Å². The monoisotopic (exact) mass is 476 g/mol. The highest BCUT2D eigenvalue weighted by atomic mass is 16.6. The van der Waals surface area contributed by atoms with E-state index in [1.807, 2.05) is 0 Å². The molecule has 0 aliphatic carbocycles. The van der Waals surface area contributed by atoms with E-state index in [1.165, 1.54) is 43.3 Å². The fourth-order valence-electron chi connectivity index (χ4n) is 3.23. The minimum atomic E-state index is -1.68. The summed E-state index contributed by atoms with van der Waals surface area (Å²) in [7, 11) is 0. The van der Waals surface area contributed by atoms with Gasteiger partial charge in [0.25, 0.3) is 0 Å². The van der Waals surface area contributed by atoms with E-state index in [4.69, 9.17) is 14.2 Å². The van der Waals surface area contributed by atoms with E-state index in [1.54, 1.807) is 54.6 Å². The molecule has 3 aromatic rings. The molecule has 0 bridgehead atoms. The van der Waals surface area contributed by atoms with Gasteiger partial charge in [0, 0.05) is 0 Å². The maximum Gasteiger partial charge on any atom is 0.338 e. The lowest BCUT2D eigenvalue weighted by Gasteiger charge is -2.31.